The number of aliphatic imine (C=N–C) groups is 1. The molecule has 1 aromatic heterocycles. The van der Waals surface area contributed by atoms with Crippen molar-refractivity contribution in [3.63, 3.8) is 0 Å². The van der Waals surface area contributed by atoms with E-state index < -0.39 is 0 Å². The molecular weight excluding hydrogens is 334 g/mol. The molecule has 0 aliphatic rings. The van der Waals surface area contributed by atoms with E-state index >= 15 is 0 Å². The predicted molar refractivity (Wildman–Crippen MR) is 104 cm³/mol. The molecule has 0 radical (unpaired) electrons. The lowest BCUT2D eigenvalue weighted by molar-refractivity contribution is 0.660. The zero-order valence-corrected chi connectivity index (χ0v) is 15.2. The highest BCUT2D eigenvalue weighted by molar-refractivity contribution is 6.31. The van der Waals surface area contributed by atoms with Crippen LogP contribution < -0.4 is 10.6 Å². The van der Waals surface area contributed by atoms with Crippen LogP contribution in [0.1, 0.15) is 11.4 Å². The minimum atomic E-state index is 0.631. The van der Waals surface area contributed by atoms with Crippen LogP contribution in [0.2, 0.25) is 5.02 Å². The molecule has 5 nitrogen and oxygen atoms in total. The van der Waals surface area contributed by atoms with E-state index in [9.17, 15) is 0 Å². The minimum absolute atomic E-state index is 0.631. The third-order valence-electron chi connectivity index (χ3n) is 4.10. The number of aromatic nitrogens is 2. The minimum Gasteiger partial charge on any atom is -0.355 e. The molecule has 0 spiro atoms. The van der Waals surface area contributed by atoms with Gasteiger partial charge in [-0.1, -0.05) is 41.9 Å². The monoisotopic (exact) mass is 355 g/mol. The van der Waals surface area contributed by atoms with Crippen molar-refractivity contribution in [1.29, 1.82) is 0 Å². The molecule has 0 saturated heterocycles. The van der Waals surface area contributed by atoms with E-state index in [-0.39, 0.29) is 0 Å². The Morgan fingerprint density at radius 1 is 1.12 bits per heavy atom. The van der Waals surface area contributed by atoms with Crippen molar-refractivity contribution in [1.82, 2.24) is 20.2 Å². The molecule has 0 aliphatic heterocycles. The Hall–Kier alpha value is -2.53. The van der Waals surface area contributed by atoms with Gasteiger partial charge >= 0.3 is 0 Å². The van der Waals surface area contributed by atoms with E-state index in [0.29, 0.717) is 6.54 Å². The molecule has 3 aromatic rings. The van der Waals surface area contributed by atoms with Gasteiger partial charge in [-0.15, -0.1) is 0 Å². The van der Waals surface area contributed by atoms with Crippen molar-refractivity contribution in [2.24, 2.45) is 4.99 Å². The summed E-state index contributed by atoms with van der Waals surface area (Å²) in [6, 6.07) is 16.0. The van der Waals surface area contributed by atoms with Gasteiger partial charge in [0.05, 0.1) is 11.0 Å². The van der Waals surface area contributed by atoms with Crippen LogP contribution in [0.3, 0.4) is 0 Å². The molecule has 3 rings (SSSR count). The van der Waals surface area contributed by atoms with Crippen LogP contribution in [0.4, 0.5) is 0 Å². The highest BCUT2D eigenvalue weighted by Crippen LogP contribution is 2.15. The fraction of sp³-hybridized carbons (Fsp3) is 0.263. The fourth-order valence-electron chi connectivity index (χ4n) is 2.81. The van der Waals surface area contributed by atoms with Crippen LogP contribution in [0.5, 0.6) is 0 Å². The van der Waals surface area contributed by atoms with E-state index in [0.717, 1.165) is 46.5 Å². The van der Waals surface area contributed by atoms with Crippen molar-refractivity contribution < 1.29 is 0 Å². The number of nitrogens with one attached hydrogen (secondary N) is 2. The molecule has 6 heteroatoms. The SMILES string of the molecule is CN=C(NCCn1c(C)nc2ccccc21)NCc1ccccc1Cl. The van der Waals surface area contributed by atoms with Crippen LogP contribution in [0.15, 0.2) is 53.5 Å². The normalized spacial score (nSPS) is 11.7. The second-order valence-corrected chi connectivity index (χ2v) is 6.15. The second-order valence-electron chi connectivity index (χ2n) is 5.74. The summed E-state index contributed by atoms with van der Waals surface area (Å²) in [5, 5.41) is 7.38. The van der Waals surface area contributed by atoms with Crippen LogP contribution in [0, 0.1) is 6.92 Å². The number of guanidine groups is 1. The number of hydrogen-bond acceptors (Lipinski definition) is 2. The van der Waals surface area contributed by atoms with E-state index in [4.69, 9.17) is 11.6 Å². The average Bonchev–Trinajstić information content (AvgIpc) is 2.94. The molecule has 0 amide bonds. The summed E-state index contributed by atoms with van der Waals surface area (Å²) in [6.07, 6.45) is 0. The lowest BCUT2D eigenvalue weighted by Gasteiger charge is -2.13. The standard InChI is InChI=1S/C19H22ClN5/c1-14-24-17-9-5-6-10-18(17)25(14)12-11-22-19(21-2)23-13-15-7-3-4-8-16(15)20/h3-10H,11-13H2,1-2H3,(H2,21,22,23). The van der Waals surface area contributed by atoms with Crippen molar-refractivity contribution in [3.8, 4) is 0 Å². The topological polar surface area (TPSA) is 54.2 Å². The Bertz CT molecular complexity index is 884. The average molecular weight is 356 g/mol. The molecule has 2 aromatic carbocycles. The highest BCUT2D eigenvalue weighted by Gasteiger charge is 2.06. The first-order valence-electron chi connectivity index (χ1n) is 8.29. The largest absolute Gasteiger partial charge is 0.355 e. The Morgan fingerprint density at radius 2 is 1.88 bits per heavy atom. The second kappa shape index (κ2) is 8.03. The lowest BCUT2D eigenvalue weighted by atomic mass is 10.2. The zero-order chi connectivity index (χ0) is 17.6. The number of fused-ring (bicyclic) bond motifs is 1. The number of hydrogen-bond donors (Lipinski definition) is 2. The summed E-state index contributed by atoms with van der Waals surface area (Å²) >= 11 is 6.19. The van der Waals surface area contributed by atoms with Gasteiger partial charge in [0.15, 0.2) is 5.96 Å². The van der Waals surface area contributed by atoms with Gasteiger partial charge in [-0.25, -0.2) is 4.98 Å². The summed E-state index contributed by atoms with van der Waals surface area (Å²) in [5.41, 5.74) is 3.23. The van der Waals surface area contributed by atoms with Gasteiger partial charge in [-0.2, -0.15) is 0 Å². The number of benzene rings is 2. The molecule has 0 unspecified atom stereocenters. The summed E-state index contributed by atoms with van der Waals surface area (Å²) in [5.74, 6) is 1.77. The van der Waals surface area contributed by atoms with Gasteiger partial charge in [-0.05, 0) is 30.7 Å². The van der Waals surface area contributed by atoms with Crippen LogP contribution >= 0.6 is 11.6 Å². The maximum absolute atomic E-state index is 6.19. The molecule has 0 aliphatic carbocycles. The first kappa shape index (κ1) is 17.3. The van der Waals surface area contributed by atoms with E-state index in [1.165, 1.54) is 0 Å². The molecule has 0 bridgehead atoms. The third-order valence-corrected chi connectivity index (χ3v) is 4.47. The maximum atomic E-state index is 6.19. The highest BCUT2D eigenvalue weighted by atomic mass is 35.5. The number of aryl methyl sites for hydroxylation is 1. The number of imidazole rings is 1. The molecule has 0 atom stereocenters. The van der Waals surface area contributed by atoms with Crippen molar-refractivity contribution in [2.75, 3.05) is 13.6 Å². The zero-order valence-electron chi connectivity index (χ0n) is 14.5. The molecule has 0 fully saturated rings. The molecule has 130 valence electrons. The summed E-state index contributed by atoms with van der Waals surface area (Å²) in [7, 11) is 1.76. The number of halogens is 1. The number of para-hydroxylation sites is 2. The smallest absolute Gasteiger partial charge is 0.191 e. The van der Waals surface area contributed by atoms with Crippen molar-refractivity contribution >= 4 is 28.6 Å². The van der Waals surface area contributed by atoms with E-state index in [2.05, 4.69) is 31.2 Å². The molecular formula is C19H22ClN5. The Labute approximate surface area is 152 Å². The van der Waals surface area contributed by atoms with E-state index in [1.807, 2.05) is 49.4 Å². The number of rotatable bonds is 5. The Kier molecular flexibility index (Phi) is 5.56. The van der Waals surface area contributed by atoms with Gasteiger partial charge in [0.25, 0.3) is 0 Å². The molecule has 25 heavy (non-hydrogen) atoms. The first-order valence-corrected chi connectivity index (χ1v) is 8.66. The van der Waals surface area contributed by atoms with Crippen molar-refractivity contribution in [3.05, 3.63) is 64.9 Å². The fourth-order valence-corrected chi connectivity index (χ4v) is 3.01. The number of nitrogens with zero attached hydrogens (tertiary/aromatic N) is 3. The molecule has 1 heterocycles. The maximum Gasteiger partial charge on any atom is 0.191 e. The summed E-state index contributed by atoms with van der Waals surface area (Å²) < 4.78 is 2.21. The van der Waals surface area contributed by atoms with Gasteiger partial charge in [-0.3, -0.25) is 4.99 Å². The Balaban J connectivity index is 1.56. The van der Waals surface area contributed by atoms with Gasteiger partial charge in [0.1, 0.15) is 5.82 Å². The Morgan fingerprint density at radius 3 is 2.68 bits per heavy atom. The summed E-state index contributed by atoms with van der Waals surface area (Å²) in [4.78, 5) is 8.85. The lowest BCUT2D eigenvalue weighted by Crippen LogP contribution is -2.38. The first-order chi connectivity index (χ1) is 12.2. The third kappa shape index (κ3) is 4.12. The van der Waals surface area contributed by atoms with Gasteiger partial charge in [0.2, 0.25) is 0 Å². The molecule has 0 saturated carbocycles. The quantitative estimate of drug-likeness (QED) is 0.545. The van der Waals surface area contributed by atoms with Crippen LogP contribution in [-0.4, -0.2) is 29.1 Å². The van der Waals surface area contributed by atoms with Gasteiger partial charge < -0.3 is 15.2 Å². The molecule has 2 N–H and O–H groups in total. The van der Waals surface area contributed by atoms with Crippen LogP contribution in [-0.2, 0) is 13.1 Å². The summed E-state index contributed by atoms with van der Waals surface area (Å²) in [6.45, 7) is 4.24. The van der Waals surface area contributed by atoms with Crippen LogP contribution in [0.25, 0.3) is 11.0 Å². The van der Waals surface area contributed by atoms with Crippen molar-refractivity contribution in [2.45, 2.75) is 20.0 Å². The van der Waals surface area contributed by atoms with Gasteiger partial charge in [0, 0.05) is 31.7 Å². The van der Waals surface area contributed by atoms with E-state index in [1.54, 1.807) is 7.05 Å². The predicted octanol–water partition coefficient (Wildman–Crippen LogP) is 3.36.